The summed E-state index contributed by atoms with van der Waals surface area (Å²) in [5, 5.41) is 0.787. The summed E-state index contributed by atoms with van der Waals surface area (Å²) < 4.78 is 5.79. The van der Waals surface area contributed by atoms with Gasteiger partial charge in [0.05, 0.1) is 4.88 Å². The van der Waals surface area contributed by atoms with Gasteiger partial charge in [-0.3, -0.25) is 4.79 Å². The van der Waals surface area contributed by atoms with E-state index in [-0.39, 0.29) is 5.78 Å². The molecule has 17 heavy (non-hydrogen) atoms. The Labute approximate surface area is 103 Å². The highest BCUT2D eigenvalue weighted by Crippen LogP contribution is 2.48. The van der Waals surface area contributed by atoms with Crippen molar-refractivity contribution in [1.29, 1.82) is 0 Å². The maximum atomic E-state index is 11.2. The van der Waals surface area contributed by atoms with Crippen LogP contribution in [-0.4, -0.2) is 10.8 Å². The number of nitrogens with zero attached hydrogens (tertiary/aromatic N) is 1. The number of ketones is 1. The smallest absolute Gasteiger partial charge is 0.171 e. The number of hydrogen-bond acceptors (Lipinski definition) is 4. The highest BCUT2D eigenvalue weighted by atomic mass is 32.1. The van der Waals surface area contributed by atoms with Gasteiger partial charge in [-0.1, -0.05) is 6.92 Å². The van der Waals surface area contributed by atoms with E-state index in [2.05, 4.69) is 11.9 Å². The first-order chi connectivity index (χ1) is 8.15. The first kappa shape index (κ1) is 10.7. The summed E-state index contributed by atoms with van der Waals surface area (Å²) in [4.78, 5) is 16.1. The summed E-state index contributed by atoms with van der Waals surface area (Å²) in [5.41, 5.74) is 0. The van der Waals surface area contributed by atoms with Crippen LogP contribution in [0.4, 0.5) is 0 Å². The molecular formula is C13H13NO2S. The van der Waals surface area contributed by atoms with Crippen LogP contribution in [-0.2, 0) is 0 Å². The largest absolute Gasteiger partial charge is 0.458 e. The third-order valence-corrected chi connectivity index (χ3v) is 4.28. The van der Waals surface area contributed by atoms with Gasteiger partial charge in [0.1, 0.15) is 5.76 Å². The molecule has 0 bridgehead atoms. The van der Waals surface area contributed by atoms with Crippen LogP contribution in [0.1, 0.15) is 41.6 Å². The Kier molecular flexibility index (Phi) is 2.40. The highest BCUT2D eigenvalue weighted by Gasteiger charge is 2.36. The van der Waals surface area contributed by atoms with Crippen molar-refractivity contribution < 1.29 is 9.21 Å². The third-order valence-electron chi connectivity index (χ3n) is 3.17. The van der Waals surface area contributed by atoms with Crippen molar-refractivity contribution in [2.45, 2.75) is 26.2 Å². The van der Waals surface area contributed by atoms with Crippen LogP contribution < -0.4 is 0 Å². The molecule has 1 aliphatic carbocycles. The molecule has 2 aromatic heterocycles. The molecule has 4 heteroatoms. The second-order valence-corrected chi connectivity index (χ2v) is 5.64. The lowest BCUT2D eigenvalue weighted by Crippen LogP contribution is -1.83. The molecule has 1 aliphatic rings. The molecule has 0 spiro atoms. The number of hydrogen-bond donors (Lipinski definition) is 0. The lowest BCUT2D eigenvalue weighted by Gasteiger charge is -1.91. The Morgan fingerprint density at radius 1 is 1.53 bits per heavy atom. The number of rotatable bonds is 3. The summed E-state index contributed by atoms with van der Waals surface area (Å²) >= 11 is 1.39. The fourth-order valence-electron chi connectivity index (χ4n) is 1.94. The van der Waals surface area contributed by atoms with Crippen molar-refractivity contribution in [1.82, 2.24) is 4.98 Å². The van der Waals surface area contributed by atoms with Gasteiger partial charge >= 0.3 is 0 Å². The molecule has 2 unspecified atom stereocenters. The molecule has 0 aliphatic heterocycles. The van der Waals surface area contributed by atoms with Crippen LogP contribution in [0.3, 0.4) is 0 Å². The van der Waals surface area contributed by atoms with Crippen LogP contribution in [0, 0.1) is 5.92 Å². The summed E-state index contributed by atoms with van der Waals surface area (Å²) in [7, 11) is 0. The lowest BCUT2D eigenvalue weighted by molar-refractivity contribution is 0.102. The molecule has 2 aromatic rings. The minimum absolute atomic E-state index is 0.0522. The number of Topliss-reactive ketones (excluding diaryl/α,β-unsaturated/α-hetero) is 1. The van der Waals surface area contributed by atoms with E-state index < -0.39 is 0 Å². The summed E-state index contributed by atoms with van der Waals surface area (Å²) in [6, 6.07) is 3.97. The van der Waals surface area contributed by atoms with Crippen molar-refractivity contribution in [2.24, 2.45) is 5.92 Å². The quantitative estimate of drug-likeness (QED) is 0.776. The van der Waals surface area contributed by atoms with Crippen LogP contribution in [0.5, 0.6) is 0 Å². The van der Waals surface area contributed by atoms with Crippen molar-refractivity contribution in [3.63, 3.8) is 0 Å². The zero-order valence-electron chi connectivity index (χ0n) is 9.77. The van der Waals surface area contributed by atoms with E-state index >= 15 is 0 Å². The fourth-order valence-corrected chi connectivity index (χ4v) is 2.71. The van der Waals surface area contributed by atoms with Gasteiger partial charge in [0.2, 0.25) is 0 Å². The molecule has 0 aromatic carbocycles. The molecule has 0 saturated heterocycles. The second-order valence-electron chi connectivity index (χ2n) is 4.61. The van der Waals surface area contributed by atoms with Gasteiger partial charge in [-0.15, -0.1) is 11.3 Å². The molecule has 0 radical (unpaired) electrons. The van der Waals surface area contributed by atoms with Crippen molar-refractivity contribution in [3.8, 4) is 10.8 Å². The van der Waals surface area contributed by atoms with E-state index in [1.54, 1.807) is 13.1 Å². The Morgan fingerprint density at radius 3 is 2.88 bits per heavy atom. The van der Waals surface area contributed by atoms with Gasteiger partial charge in [0.15, 0.2) is 16.6 Å². The van der Waals surface area contributed by atoms with Gasteiger partial charge in [-0.2, -0.15) is 0 Å². The predicted molar refractivity (Wildman–Crippen MR) is 66.3 cm³/mol. The van der Waals surface area contributed by atoms with Gasteiger partial charge in [-0.25, -0.2) is 4.98 Å². The molecule has 0 N–H and O–H groups in total. The highest BCUT2D eigenvalue weighted by molar-refractivity contribution is 7.16. The summed E-state index contributed by atoms with van der Waals surface area (Å²) in [5.74, 6) is 3.19. The van der Waals surface area contributed by atoms with E-state index in [0.29, 0.717) is 10.8 Å². The number of furan rings is 1. The molecule has 3 rings (SSSR count). The van der Waals surface area contributed by atoms with E-state index in [1.807, 2.05) is 12.1 Å². The number of carbonyl (C=O) groups excluding carboxylic acids is 1. The van der Waals surface area contributed by atoms with Gasteiger partial charge < -0.3 is 4.42 Å². The average Bonchev–Trinajstić information content (AvgIpc) is 2.78. The molecule has 2 atom stereocenters. The van der Waals surface area contributed by atoms with Crippen molar-refractivity contribution >= 4 is 17.1 Å². The second kappa shape index (κ2) is 3.81. The SMILES string of the molecule is CC(=O)c1cnc(-c2ccc(C3CC3C)o2)s1. The Balaban J connectivity index is 1.87. The number of thiazole rings is 1. The predicted octanol–water partition coefficient (Wildman–Crippen LogP) is 3.73. The molecule has 88 valence electrons. The average molecular weight is 247 g/mol. The van der Waals surface area contributed by atoms with Crippen LogP contribution in [0.2, 0.25) is 0 Å². The maximum Gasteiger partial charge on any atom is 0.171 e. The van der Waals surface area contributed by atoms with Crippen LogP contribution in [0.25, 0.3) is 10.8 Å². The van der Waals surface area contributed by atoms with Crippen molar-refractivity contribution in [3.05, 3.63) is 29.0 Å². The Bertz CT molecular complexity index is 569. The molecule has 2 heterocycles. The summed E-state index contributed by atoms with van der Waals surface area (Å²) in [6.07, 6.45) is 2.83. The fraction of sp³-hybridized carbons (Fsp3) is 0.385. The maximum absolute atomic E-state index is 11.2. The van der Waals surface area contributed by atoms with Crippen molar-refractivity contribution in [2.75, 3.05) is 0 Å². The molecule has 1 saturated carbocycles. The monoisotopic (exact) mass is 247 g/mol. The van der Waals surface area contributed by atoms with E-state index in [1.165, 1.54) is 17.8 Å². The zero-order chi connectivity index (χ0) is 12.0. The first-order valence-corrected chi connectivity index (χ1v) is 6.53. The zero-order valence-corrected chi connectivity index (χ0v) is 10.6. The standard InChI is InChI=1S/C13H13NO2S/c1-7-5-9(7)10-3-4-11(16-10)13-14-6-12(17-13)8(2)15/h3-4,6-7,9H,5H2,1-2H3. The lowest BCUT2D eigenvalue weighted by atomic mass is 10.3. The van der Waals surface area contributed by atoms with E-state index in [4.69, 9.17) is 4.42 Å². The summed E-state index contributed by atoms with van der Waals surface area (Å²) in [6.45, 7) is 3.78. The van der Waals surface area contributed by atoms with E-state index in [0.717, 1.165) is 22.4 Å². The number of aromatic nitrogens is 1. The minimum Gasteiger partial charge on any atom is -0.458 e. The number of carbonyl (C=O) groups is 1. The third kappa shape index (κ3) is 1.93. The Morgan fingerprint density at radius 2 is 2.29 bits per heavy atom. The molecule has 3 nitrogen and oxygen atoms in total. The van der Waals surface area contributed by atoms with Gasteiger partial charge in [0.25, 0.3) is 0 Å². The van der Waals surface area contributed by atoms with Crippen LogP contribution >= 0.6 is 11.3 Å². The first-order valence-electron chi connectivity index (χ1n) is 5.72. The molecule has 0 amide bonds. The Hall–Kier alpha value is -1.42. The normalized spacial score (nSPS) is 22.7. The molecular weight excluding hydrogens is 234 g/mol. The topological polar surface area (TPSA) is 43.1 Å². The van der Waals surface area contributed by atoms with E-state index in [9.17, 15) is 4.79 Å². The minimum atomic E-state index is 0.0522. The van der Waals surface area contributed by atoms with Gasteiger partial charge in [0, 0.05) is 19.0 Å². The molecule has 1 fully saturated rings. The van der Waals surface area contributed by atoms with Crippen LogP contribution in [0.15, 0.2) is 22.7 Å². The van der Waals surface area contributed by atoms with Gasteiger partial charge in [-0.05, 0) is 24.5 Å².